The van der Waals surface area contributed by atoms with Gasteiger partial charge in [0.05, 0.1) is 22.3 Å². The Kier molecular flexibility index (Phi) is 5.18. The van der Waals surface area contributed by atoms with Crippen molar-refractivity contribution in [2.45, 2.75) is 19.4 Å². The van der Waals surface area contributed by atoms with Crippen LogP contribution < -0.4 is 5.32 Å². The number of piperazine rings is 1. The highest BCUT2D eigenvalue weighted by Crippen LogP contribution is 2.28. The predicted octanol–water partition coefficient (Wildman–Crippen LogP) is 2.97. The number of amides is 1. The average molecular weight is 426 g/mol. The molecule has 2 aromatic heterocycles. The lowest BCUT2D eigenvalue weighted by molar-refractivity contribution is 0.0880. The van der Waals surface area contributed by atoms with Crippen LogP contribution in [0.25, 0.3) is 22.4 Å². The quantitative estimate of drug-likeness (QED) is 0.692. The van der Waals surface area contributed by atoms with Gasteiger partial charge in [0.1, 0.15) is 0 Å². The summed E-state index contributed by atoms with van der Waals surface area (Å²) in [5.41, 5.74) is 3.01. The van der Waals surface area contributed by atoms with Gasteiger partial charge in [0, 0.05) is 42.8 Å². The molecule has 0 spiro atoms. The first-order valence-corrected chi connectivity index (χ1v) is 10.7. The monoisotopic (exact) mass is 425 g/mol. The Bertz CT molecular complexity index is 1090. The topological polar surface area (TPSA) is 74.5 Å². The molecule has 3 saturated heterocycles. The number of benzene rings is 1. The summed E-state index contributed by atoms with van der Waals surface area (Å²) in [4.78, 5) is 22.8. The van der Waals surface area contributed by atoms with Gasteiger partial charge in [-0.1, -0.05) is 28.9 Å². The van der Waals surface area contributed by atoms with E-state index in [1.54, 1.807) is 6.07 Å². The smallest absolute Gasteiger partial charge is 0.259 e. The fraction of sp³-hybridized carbons (Fsp3) is 0.409. The first-order chi connectivity index (χ1) is 14.6. The molecule has 3 aliphatic rings. The first-order valence-electron chi connectivity index (χ1n) is 10.4. The summed E-state index contributed by atoms with van der Waals surface area (Å²) in [5, 5.41) is 8.45. The molecule has 7 nitrogen and oxygen atoms in total. The highest BCUT2D eigenvalue weighted by atomic mass is 35.5. The Labute approximate surface area is 180 Å². The predicted molar refractivity (Wildman–Crippen MR) is 116 cm³/mol. The molecule has 3 unspecified atom stereocenters. The summed E-state index contributed by atoms with van der Waals surface area (Å²) in [7, 11) is 0. The summed E-state index contributed by atoms with van der Waals surface area (Å²) < 4.78 is 5.39. The molecule has 0 aliphatic carbocycles. The highest BCUT2D eigenvalue weighted by Gasteiger charge is 2.30. The number of hydrogen-bond acceptors (Lipinski definition) is 6. The average Bonchev–Trinajstić information content (AvgIpc) is 2.92. The van der Waals surface area contributed by atoms with E-state index in [2.05, 4.69) is 25.3 Å². The lowest BCUT2D eigenvalue weighted by Gasteiger charge is -2.37. The third-order valence-electron chi connectivity index (χ3n) is 6.09. The third-order valence-corrected chi connectivity index (χ3v) is 6.32. The number of nitrogens with zero attached hydrogens (tertiary/aromatic N) is 4. The van der Waals surface area contributed by atoms with Crippen molar-refractivity contribution in [1.29, 1.82) is 0 Å². The largest absolute Gasteiger partial charge is 0.350 e. The minimum absolute atomic E-state index is 0.131. The van der Waals surface area contributed by atoms with Gasteiger partial charge in [-0.05, 0) is 44.6 Å². The zero-order chi connectivity index (χ0) is 20.7. The van der Waals surface area contributed by atoms with Crippen molar-refractivity contribution in [3.63, 3.8) is 0 Å². The maximum absolute atomic E-state index is 13.2. The fourth-order valence-electron chi connectivity index (χ4n) is 4.52. The number of nitrogens with one attached hydrogen (secondary N) is 1. The number of hydrogen-bond donors (Lipinski definition) is 1. The van der Waals surface area contributed by atoms with E-state index >= 15 is 0 Å². The van der Waals surface area contributed by atoms with Gasteiger partial charge in [-0.25, -0.2) is 4.98 Å². The lowest BCUT2D eigenvalue weighted by atomic mass is 10.0. The zero-order valence-corrected chi connectivity index (χ0v) is 17.7. The van der Waals surface area contributed by atoms with E-state index in [0.717, 1.165) is 38.3 Å². The SMILES string of the molecule is Cc1noc2nc(-c3cccc(Cl)c3)cc(C(=O)NCC3CN4CCCN3CC4)c12. The first kappa shape index (κ1) is 19.5. The molecule has 3 fully saturated rings. The van der Waals surface area contributed by atoms with Gasteiger partial charge in [0.15, 0.2) is 0 Å². The summed E-state index contributed by atoms with van der Waals surface area (Å²) in [5.74, 6) is -0.131. The molecule has 3 aliphatic heterocycles. The summed E-state index contributed by atoms with van der Waals surface area (Å²) in [6, 6.07) is 9.55. The molecule has 3 atom stereocenters. The molecule has 3 aromatic rings. The van der Waals surface area contributed by atoms with Gasteiger partial charge < -0.3 is 14.7 Å². The van der Waals surface area contributed by atoms with Gasteiger partial charge in [-0.15, -0.1) is 0 Å². The lowest BCUT2D eigenvalue weighted by Crippen LogP contribution is -2.54. The number of carbonyl (C=O) groups excluding carboxylic acids is 1. The van der Waals surface area contributed by atoms with Crippen molar-refractivity contribution < 1.29 is 9.32 Å². The molecule has 1 N–H and O–H groups in total. The standard InChI is InChI=1S/C22H24ClN5O2/c1-14-20-18(21(29)24-12-17-13-27-6-3-7-28(17)9-8-27)11-19(25-22(20)30-26-14)15-4-2-5-16(23)10-15/h2,4-5,10-11,17H,3,6-9,12-13H2,1H3,(H,24,29). The van der Waals surface area contributed by atoms with Crippen molar-refractivity contribution in [3.05, 3.63) is 46.6 Å². The van der Waals surface area contributed by atoms with E-state index in [4.69, 9.17) is 16.1 Å². The molecule has 8 heteroatoms. The Morgan fingerprint density at radius 1 is 1.27 bits per heavy atom. The minimum Gasteiger partial charge on any atom is -0.350 e. The van der Waals surface area contributed by atoms with Gasteiger partial charge in [0.2, 0.25) is 0 Å². The third kappa shape index (κ3) is 3.69. The Morgan fingerprint density at radius 2 is 2.17 bits per heavy atom. The van der Waals surface area contributed by atoms with Crippen LogP contribution in [0, 0.1) is 6.92 Å². The second-order valence-corrected chi connectivity index (χ2v) is 8.50. The van der Waals surface area contributed by atoms with E-state index in [1.165, 1.54) is 6.42 Å². The van der Waals surface area contributed by atoms with Gasteiger partial charge in [0.25, 0.3) is 11.6 Å². The number of pyridine rings is 1. The number of fused-ring (bicyclic) bond motifs is 5. The van der Waals surface area contributed by atoms with E-state index in [9.17, 15) is 4.79 Å². The normalized spacial score (nSPS) is 23.5. The second kappa shape index (κ2) is 7.98. The van der Waals surface area contributed by atoms with Crippen LogP contribution in [0.15, 0.2) is 34.9 Å². The summed E-state index contributed by atoms with van der Waals surface area (Å²) >= 11 is 6.15. The fourth-order valence-corrected chi connectivity index (χ4v) is 4.71. The molecule has 5 heterocycles. The van der Waals surface area contributed by atoms with Crippen LogP contribution >= 0.6 is 11.6 Å². The summed E-state index contributed by atoms with van der Waals surface area (Å²) in [6.45, 7) is 7.89. The van der Waals surface area contributed by atoms with Crippen molar-refractivity contribution in [1.82, 2.24) is 25.3 Å². The molecule has 0 radical (unpaired) electrons. The highest BCUT2D eigenvalue weighted by molar-refractivity contribution is 6.30. The summed E-state index contributed by atoms with van der Waals surface area (Å²) in [6.07, 6.45) is 1.19. The molecular formula is C22H24ClN5O2. The molecule has 0 saturated carbocycles. The zero-order valence-electron chi connectivity index (χ0n) is 16.9. The van der Waals surface area contributed by atoms with Crippen LogP contribution in [0.2, 0.25) is 5.02 Å². The van der Waals surface area contributed by atoms with Crippen LogP contribution in [-0.4, -0.2) is 71.2 Å². The molecule has 1 aromatic carbocycles. The molecular weight excluding hydrogens is 402 g/mol. The molecule has 30 heavy (non-hydrogen) atoms. The number of aryl methyl sites for hydroxylation is 1. The Morgan fingerprint density at radius 3 is 3.03 bits per heavy atom. The van der Waals surface area contributed by atoms with Crippen LogP contribution in [-0.2, 0) is 0 Å². The minimum atomic E-state index is -0.131. The maximum atomic E-state index is 13.2. The second-order valence-electron chi connectivity index (χ2n) is 8.07. The van der Waals surface area contributed by atoms with Crippen LogP contribution in [0.1, 0.15) is 22.5 Å². The maximum Gasteiger partial charge on any atom is 0.259 e. The van der Waals surface area contributed by atoms with Crippen LogP contribution in [0.4, 0.5) is 0 Å². The van der Waals surface area contributed by atoms with Crippen LogP contribution in [0.5, 0.6) is 0 Å². The van der Waals surface area contributed by atoms with Crippen molar-refractivity contribution in [3.8, 4) is 11.3 Å². The number of aromatic nitrogens is 2. The Balaban J connectivity index is 1.43. The van der Waals surface area contributed by atoms with Crippen LogP contribution in [0.3, 0.4) is 0 Å². The van der Waals surface area contributed by atoms with Crippen molar-refractivity contribution >= 4 is 28.6 Å². The number of carbonyl (C=O) groups is 1. The molecule has 156 valence electrons. The van der Waals surface area contributed by atoms with Crippen molar-refractivity contribution in [2.24, 2.45) is 0 Å². The molecule has 2 bridgehead atoms. The van der Waals surface area contributed by atoms with E-state index in [1.807, 2.05) is 31.2 Å². The van der Waals surface area contributed by atoms with Gasteiger partial charge >= 0.3 is 0 Å². The Hall–Kier alpha value is -2.48. The van der Waals surface area contributed by atoms with Crippen molar-refractivity contribution in [2.75, 3.05) is 39.3 Å². The van der Waals surface area contributed by atoms with E-state index < -0.39 is 0 Å². The molecule has 1 amide bonds. The number of halogens is 1. The van der Waals surface area contributed by atoms with Gasteiger partial charge in [-0.2, -0.15) is 0 Å². The van der Waals surface area contributed by atoms with E-state index in [-0.39, 0.29) is 5.91 Å². The molecule has 6 rings (SSSR count). The van der Waals surface area contributed by atoms with Gasteiger partial charge in [-0.3, -0.25) is 9.69 Å². The van der Waals surface area contributed by atoms with E-state index in [0.29, 0.717) is 45.7 Å². The number of rotatable bonds is 4.